The fraction of sp³-hybridized carbons (Fsp3) is 0.556. The minimum atomic E-state index is -5.64. The molecular weight excluding hydrogens is 469 g/mol. The Labute approximate surface area is 160 Å². The number of hydrogen-bond acceptors (Lipinski definition) is 10. The maximum Gasteiger partial charge on any atom is 0.490 e. The number of aliphatic hydroxyl groups excluding tert-OH is 1. The summed E-state index contributed by atoms with van der Waals surface area (Å²) in [5.41, 5.74) is -0.455. The van der Waals surface area contributed by atoms with Gasteiger partial charge in [0.05, 0.1) is 12.7 Å². The largest absolute Gasteiger partial charge is 0.490 e. The van der Waals surface area contributed by atoms with E-state index in [1.54, 1.807) is 0 Å². The second-order valence-corrected chi connectivity index (χ2v) is 10.1. The molecule has 0 spiro atoms. The number of rotatable bonds is 8. The molecule has 28 heavy (non-hydrogen) atoms. The number of phosphoric acid groups is 3. The predicted octanol–water partition coefficient (Wildman–Crippen LogP) is -0.102. The standard InChI is InChI=1S/C9H15N2O13P3S/c12-5-3-8(11-2-1-7(13)10-9(11)28)22-6(5)4-21-26(17,18)24-27(19,20)23-25(14,15)16/h1-2,5-6,8,12H,3-4H2,(H,17,18)(H,19,20)(H,10,13,28)(H2,14,15,16)/t5?,6-,8-/m0/s1. The van der Waals surface area contributed by atoms with Crippen LogP contribution in [0, 0.1) is 4.77 Å². The normalized spacial score (nSPS) is 27.2. The highest BCUT2D eigenvalue weighted by Gasteiger charge is 2.42. The first-order valence-corrected chi connectivity index (χ1v) is 12.0. The molecule has 0 saturated carbocycles. The third-order valence-corrected chi connectivity index (χ3v) is 7.30. The Bertz CT molecular complexity index is 970. The van der Waals surface area contributed by atoms with Crippen LogP contribution in [-0.2, 0) is 31.6 Å². The molecule has 1 aromatic rings. The van der Waals surface area contributed by atoms with Crippen LogP contribution in [0.2, 0.25) is 0 Å². The Hall–Kier alpha value is -0.570. The molecule has 2 rings (SSSR count). The van der Waals surface area contributed by atoms with Crippen LogP contribution in [0.4, 0.5) is 0 Å². The predicted molar refractivity (Wildman–Crippen MR) is 90.2 cm³/mol. The molecule has 0 bridgehead atoms. The van der Waals surface area contributed by atoms with Crippen LogP contribution in [0.1, 0.15) is 12.6 Å². The molecule has 1 saturated heterocycles. The lowest BCUT2D eigenvalue weighted by atomic mass is 10.2. The molecule has 1 aliphatic rings. The number of phosphoric ester groups is 1. The van der Waals surface area contributed by atoms with Gasteiger partial charge in [-0.15, -0.1) is 0 Å². The van der Waals surface area contributed by atoms with Crippen LogP contribution in [0.5, 0.6) is 0 Å². The van der Waals surface area contributed by atoms with Gasteiger partial charge >= 0.3 is 23.5 Å². The van der Waals surface area contributed by atoms with Gasteiger partial charge in [0.15, 0.2) is 4.77 Å². The van der Waals surface area contributed by atoms with Gasteiger partial charge in [-0.3, -0.25) is 18.9 Å². The molecule has 1 fully saturated rings. The maximum absolute atomic E-state index is 11.7. The Balaban J connectivity index is 1.99. The first kappa shape index (κ1) is 23.7. The first-order valence-electron chi connectivity index (χ1n) is 7.11. The average molecular weight is 484 g/mol. The van der Waals surface area contributed by atoms with Gasteiger partial charge in [0.1, 0.15) is 12.3 Å². The summed E-state index contributed by atoms with van der Waals surface area (Å²) in [5, 5.41) is 9.98. The molecule has 2 heterocycles. The van der Waals surface area contributed by atoms with E-state index in [0.29, 0.717) is 0 Å². The fourth-order valence-corrected chi connectivity index (χ4v) is 5.47. The molecule has 1 aliphatic heterocycles. The Kier molecular flexibility index (Phi) is 7.33. The van der Waals surface area contributed by atoms with Gasteiger partial charge in [0.25, 0.3) is 5.56 Å². The monoisotopic (exact) mass is 484 g/mol. The second-order valence-electron chi connectivity index (χ2n) is 5.34. The zero-order valence-electron chi connectivity index (χ0n) is 13.5. The molecule has 0 aromatic carbocycles. The lowest BCUT2D eigenvalue weighted by molar-refractivity contribution is -0.0444. The molecule has 15 nitrogen and oxygen atoms in total. The van der Waals surface area contributed by atoms with Crippen LogP contribution >= 0.6 is 35.7 Å². The highest BCUT2D eigenvalue weighted by Crippen LogP contribution is 2.66. The average Bonchev–Trinajstić information content (AvgIpc) is 2.82. The van der Waals surface area contributed by atoms with E-state index in [9.17, 15) is 28.5 Å². The van der Waals surface area contributed by atoms with Gasteiger partial charge in [0.2, 0.25) is 0 Å². The molecule has 160 valence electrons. The Morgan fingerprint density at radius 1 is 1.21 bits per heavy atom. The number of aromatic amines is 1. The van der Waals surface area contributed by atoms with Gasteiger partial charge in [-0.25, -0.2) is 13.7 Å². The number of nitrogens with one attached hydrogen (secondary N) is 1. The second kappa shape index (κ2) is 8.66. The third kappa shape index (κ3) is 7.04. The van der Waals surface area contributed by atoms with Crippen LogP contribution in [-0.4, -0.2) is 53.0 Å². The number of nitrogens with zero attached hydrogens (tertiary/aromatic N) is 1. The van der Waals surface area contributed by atoms with Gasteiger partial charge in [0, 0.05) is 18.7 Å². The van der Waals surface area contributed by atoms with Crippen LogP contribution in [0.25, 0.3) is 0 Å². The summed E-state index contributed by atoms with van der Waals surface area (Å²) in [6, 6.07) is 1.16. The molecule has 1 aromatic heterocycles. The highest BCUT2D eigenvalue weighted by molar-refractivity contribution is 7.71. The molecule has 0 radical (unpaired) electrons. The summed E-state index contributed by atoms with van der Waals surface area (Å²) in [5.74, 6) is 0. The van der Waals surface area contributed by atoms with Crippen molar-refractivity contribution in [2.75, 3.05) is 6.61 Å². The molecule has 6 N–H and O–H groups in total. The minimum absolute atomic E-state index is 0.00163. The van der Waals surface area contributed by atoms with E-state index in [1.165, 1.54) is 10.8 Å². The SMILES string of the molecule is O=c1ccn([C@@H]2CC(O)[C@H](COP(=O)(O)OP(=O)(O)OP(=O)(O)O)O2)c(=S)[nH]1. The van der Waals surface area contributed by atoms with E-state index >= 15 is 0 Å². The number of ether oxygens (including phenoxy) is 1. The Morgan fingerprint density at radius 3 is 2.43 bits per heavy atom. The van der Waals surface area contributed by atoms with Crippen molar-refractivity contribution >= 4 is 35.7 Å². The summed E-state index contributed by atoms with van der Waals surface area (Å²) in [4.78, 5) is 48.9. The zero-order valence-corrected chi connectivity index (χ0v) is 17.0. The van der Waals surface area contributed by atoms with E-state index in [2.05, 4.69) is 18.1 Å². The number of H-pyrrole nitrogens is 1. The fourth-order valence-electron chi connectivity index (χ4n) is 2.16. The summed E-state index contributed by atoms with van der Waals surface area (Å²) in [6.45, 7) is -0.808. The highest BCUT2D eigenvalue weighted by atomic mass is 32.1. The third-order valence-electron chi connectivity index (χ3n) is 3.18. The Morgan fingerprint density at radius 2 is 1.86 bits per heavy atom. The number of hydrogen-bond donors (Lipinski definition) is 6. The minimum Gasteiger partial charge on any atom is -0.390 e. The van der Waals surface area contributed by atoms with Crippen molar-refractivity contribution < 1.29 is 56.3 Å². The van der Waals surface area contributed by atoms with Gasteiger partial charge in [-0.05, 0) is 12.2 Å². The van der Waals surface area contributed by atoms with Crippen molar-refractivity contribution in [1.29, 1.82) is 0 Å². The zero-order chi connectivity index (χ0) is 21.3. The number of aromatic nitrogens is 2. The molecule has 19 heteroatoms. The number of aliphatic hydroxyl groups is 1. The van der Waals surface area contributed by atoms with E-state index < -0.39 is 54.1 Å². The van der Waals surface area contributed by atoms with Crippen LogP contribution < -0.4 is 5.56 Å². The van der Waals surface area contributed by atoms with E-state index in [0.717, 1.165) is 6.07 Å². The topological polar surface area (TPSA) is 227 Å². The summed E-state index contributed by atoms with van der Waals surface area (Å²) < 4.78 is 51.7. The summed E-state index contributed by atoms with van der Waals surface area (Å²) >= 11 is 4.95. The quantitative estimate of drug-likeness (QED) is 0.209. The molecule has 0 aliphatic carbocycles. The smallest absolute Gasteiger partial charge is 0.390 e. The van der Waals surface area contributed by atoms with Gasteiger partial charge in [-0.1, -0.05) is 0 Å². The maximum atomic E-state index is 11.7. The molecule has 5 atom stereocenters. The lowest BCUT2D eigenvalue weighted by Gasteiger charge is -2.19. The van der Waals surface area contributed by atoms with Gasteiger partial charge < -0.3 is 29.4 Å². The van der Waals surface area contributed by atoms with Crippen molar-refractivity contribution in [2.24, 2.45) is 0 Å². The van der Waals surface area contributed by atoms with Gasteiger partial charge in [-0.2, -0.15) is 8.62 Å². The summed E-state index contributed by atoms with van der Waals surface area (Å²) in [6.07, 6.45) is -2.00. The van der Waals surface area contributed by atoms with Crippen molar-refractivity contribution in [3.8, 4) is 0 Å². The van der Waals surface area contributed by atoms with Crippen molar-refractivity contribution in [3.63, 3.8) is 0 Å². The first-order chi connectivity index (χ1) is 12.7. The van der Waals surface area contributed by atoms with E-state index in [-0.39, 0.29) is 11.2 Å². The van der Waals surface area contributed by atoms with Crippen LogP contribution in [0.15, 0.2) is 17.1 Å². The molecule has 0 amide bonds. The molecular formula is C9H15N2O13P3S. The van der Waals surface area contributed by atoms with Crippen molar-refractivity contribution in [1.82, 2.24) is 9.55 Å². The summed E-state index contributed by atoms with van der Waals surface area (Å²) in [7, 11) is -16.5. The van der Waals surface area contributed by atoms with Crippen molar-refractivity contribution in [3.05, 3.63) is 27.4 Å². The van der Waals surface area contributed by atoms with Crippen LogP contribution in [0.3, 0.4) is 0 Å². The van der Waals surface area contributed by atoms with E-state index in [4.69, 9.17) is 31.6 Å². The van der Waals surface area contributed by atoms with E-state index in [1.807, 2.05) is 0 Å². The van der Waals surface area contributed by atoms with Crippen molar-refractivity contribution in [2.45, 2.75) is 24.9 Å². The molecule has 3 unspecified atom stereocenters. The lowest BCUT2D eigenvalue weighted by Crippen LogP contribution is -2.26.